The van der Waals surface area contributed by atoms with Crippen LogP contribution in [-0.4, -0.2) is 57.3 Å². The topological polar surface area (TPSA) is 96.4 Å². The van der Waals surface area contributed by atoms with Gasteiger partial charge in [0, 0.05) is 27.2 Å². The molecule has 2 aromatic rings. The van der Waals surface area contributed by atoms with Crippen LogP contribution in [0, 0.1) is 0 Å². The van der Waals surface area contributed by atoms with E-state index in [1.807, 2.05) is 18.7 Å². The normalized spacial score (nSPS) is 12.0. The van der Waals surface area contributed by atoms with E-state index in [9.17, 15) is 31.5 Å². The van der Waals surface area contributed by atoms with Crippen LogP contribution >= 0.6 is 0 Å². The molecule has 0 aliphatic carbocycles. The van der Waals surface area contributed by atoms with E-state index >= 15 is 0 Å². The van der Waals surface area contributed by atoms with Crippen LogP contribution < -0.4 is 14.4 Å². The first-order chi connectivity index (χ1) is 16.8. The first-order valence-corrected chi connectivity index (χ1v) is 12.9. The van der Waals surface area contributed by atoms with E-state index < -0.39 is 28.1 Å². The third-order valence-corrected chi connectivity index (χ3v) is 7.04. The summed E-state index contributed by atoms with van der Waals surface area (Å²) in [4.78, 5) is 13.4. The SMILES string of the molecule is CCCCN(CCCC)c1cc(C(=O)O)cc(S(=O)(=O)N(C)C)c1Oc1ccc(OC(F)(F)F)cc1. The molecule has 0 aliphatic heterocycles. The molecule has 0 amide bonds. The van der Waals surface area contributed by atoms with Crippen molar-refractivity contribution in [3.63, 3.8) is 0 Å². The predicted octanol–water partition coefficient (Wildman–Crippen LogP) is 5.73. The maximum Gasteiger partial charge on any atom is 0.573 e. The Hall–Kier alpha value is -2.99. The lowest BCUT2D eigenvalue weighted by Gasteiger charge is -2.29. The van der Waals surface area contributed by atoms with Gasteiger partial charge in [-0.1, -0.05) is 26.7 Å². The highest BCUT2D eigenvalue weighted by atomic mass is 32.2. The van der Waals surface area contributed by atoms with Crippen LogP contribution in [0.4, 0.5) is 18.9 Å². The molecule has 0 aliphatic rings. The number of nitrogens with zero attached hydrogens (tertiary/aromatic N) is 2. The van der Waals surface area contributed by atoms with E-state index in [0.29, 0.717) is 13.1 Å². The van der Waals surface area contributed by atoms with Crippen molar-refractivity contribution in [1.82, 2.24) is 4.31 Å². The zero-order valence-corrected chi connectivity index (χ0v) is 21.4. The van der Waals surface area contributed by atoms with E-state index in [4.69, 9.17) is 4.74 Å². The summed E-state index contributed by atoms with van der Waals surface area (Å²) in [6.07, 6.45) is -1.64. The van der Waals surface area contributed by atoms with Gasteiger partial charge < -0.3 is 19.5 Å². The zero-order chi connectivity index (χ0) is 27.1. The number of halogens is 3. The van der Waals surface area contributed by atoms with Crippen molar-refractivity contribution >= 4 is 21.7 Å². The number of alkyl halides is 3. The van der Waals surface area contributed by atoms with Gasteiger partial charge in [0.1, 0.15) is 16.4 Å². The molecule has 0 fully saturated rings. The molecule has 36 heavy (non-hydrogen) atoms. The van der Waals surface area contributed by atoms with Crippen molar-refractivity contribution in [3.8, 4) is 17.2 Å². The van der Waals surface area contributed by atoms with Gasteiger partial charge in [-0.25, -0.2) is 17.5 Å². The maximum absolute atomic E-state index is 13.2. The van der Waals surface area contributed by atoms with Gasteiger partial charge in [-0.15, -0.1) is 13.2 Å². The molecule has 0 saturated carbocycles. The molecule has 12 heteroatoms. The number of unbranched alkanes of at least 4 members (excludes halogenated alkanes) is 2. The predicted molar refractivity (Wildman–Crippen MR) is 130 cm³/mol. The summed E-state index contributed by atoms with van der Waals surface area (Å²) in [6, 6.07) is 6.89. The summed E-state index contributed by atoms with van der Waals surface area (Å²) in [5.41, 5.74) is 0.0394. The van der Waals surface area contributed by atoms with Crippen LogP contribution in [-0.2, 0) is 10.0 Å². The van der Waals surface area contributed by atoms with Crippen molar-refractivity contribution < 1.29 is 41.0 Å². The Balaban J connectivity index is 2.72. The van der Waals surface area contributed by atoms with Crippen molar-refractivity contribution in [1.29, 1.82) is 0 Å². The van der Waals surface area contributed by atoms with Gasteiger partial charge in [0.05, 0.1) is 11.3 Å². The number of benzene rings is 2. The van der Waals surface area contributed by atoms with E-state index in [1.54, 1.807) is 0 Å². The number of carboxylic acid groups (broad SMARTS) is 1. The first-order valence-electron chi connectivity index (χ1n) is 11.4. The number of carbonyl (C=O) groups is 1. The average molecular weight is 533 g/mol. The van der Waals surface area contributed by atoms with Gasteiger partial charge in [0.15, 0.2) is 5.75 Å². The molecule has 0 aromatic heterocycles. The molecule has 200 valence electrons. The van der Waals surface area contributed by atoms with Crippen LogP contribution in [0.3, 0.4) is 0 Å². The van der Waals surface area contributed by atoms with Gasteiger partial charge in [-0.05, 0) is 49.2 Å². The number of carboxylic acids is 1. The molecular formula is C24H31F3N2O6S. The Labute approximate surface area is 209 Å². The summed E-state index contributed by atoms with van der Waals surface area (Å²) in [7, 11) is -1.55. The number of hydrogen-bond donors (Lipinski definition) is 1. The minimum atomic E-state index is -4.87. The molecule has 8 nitrogen and oxygen atoms in total. The summed E-state index contributed by atoms with van der Waals surface area (Å²) in [5.74, 6) is -1.83. The zero-order valence-electron chi connectivity index (χ0n) is 20.6. The number of sulfonamides is 1. The highest BCUT2D eigenvalue weighted by Crippen LogP contribution is 2.41. The number of ether oxygens (including phenoxy) is 2. The minimum Gasteiger partial charge on any atom is -0.478 e. The smallest absolute Gasteiger partial charge is 0.478 e. The Morgan fingerprint density at radius 3 is 1.94 bits per heavy atom. The quantitative estimate of drug-likeness (QED) is 0.352. The van der Waals surface area contributed by atoms with Gasteiger partial charge in [-0.2, -0.15) is 0 Å². The number of rotatable bonds is 13. The fourth-order valence-electron chi connectivity index (χ4n) is 3.31. The number of aromatic carboxylic acids is 1. The molecule has 0 spiro atoms. The summed E-state index contributed by atoms with van der Waals surface area (Å²) >= 11 is 0. The largest absolute Gasteiger partial charge is 0.573 e. The lowest BCUT2D eigenvalue weighted by molar-refractivity contribution is -0.274. The molecule has 2 aromatic carbocycles. The molecule has 0 radical (unpaired) electrons. The second-order valence-electron chi connectivity index (χ2n) is 8.23. The van der Waals surface area contributed by atoms with Gasteiger partial charge >= 0.3 is 12.3 Å². The molecule has 0 bridgehead atoms. The third-order valence-electron chi connectivity index (χ3n) is 5.22. The summed E-state index contributed by atoms with van der Waals surface area (Å²) in [6.45, 7) is 5.04. The molecule has 0 atom stereocenters. The van der Waals surface area contributed by atoms with Crippen molar-refractivity contribution in [2.45, 2.75) is 50.8 Å². The van der Waals surface area contributed by atoms with Crippen molar-refractivity contribution in [2.75, 3.05) is 32.1 Å². The molecule has 2 rings (SSSR count). The van der Waals surface area contributed by atoms with E-state index in [2.05, 4.69) is 4.74 Å². The monoisotopic (exact) mass is 532 g/mol. The minimum absolute atomic E-state index is 0.0509. The molecule has 0 unspecified atom stereocenters. The number of anilines is 1. The molecule has 0 heterocycles. The van der Waals surface area contributed by atoms with Crippen LogP contribution in [0.25, 0.3) is 0 Å². The second-order valence-corrected chi connectivity index (χ2v) is 10.4. The highest BCUT2D eigenvalue weighted by molar-refractivity contribution is 7.89. The lowest BCUT2D eigenvalue weighted by Crippen LogP contribution is -2.28. The Bertz CT molecular complexity index is 1130. The second kappa shape index (κ2) is 12.3. The van der Waals surface area contributed by atoms with Crippen molar-refractivity contribution in [3.05, 3.63) is 42.0 Å². The molecular weight excluding hydrogens is 501 g/mol. The first kappa shape index (κ1) is 29.2. The maximum atomic E-state index is 13.2. The molecule has 0 saturated heterocycles. The lowest BCUT2D eigenvalue weighted by atomic mass is 10.1. The van der Waals surface area contributed by atoms with Gasteiger partial charge in [0.25, 0.3) is 0 Å². The standard InChI is InChI=1S/C24H31F3N2O6S/c1-5-7-13-29(14-8-6-2)20-15-17(23(30)31)16-21(36(32,33)28(3)4)22(20)34-18-9-11-19(12-10-18)35-24(25,26)27/h9-12,15-16H,5-8,13-14H2,1-4H3,(H,30,31). The van der Waals surface area contributed by atoms with Crippen LogP contribution in [0.5, 0.6) is 17.2 Å². The number of hydrogen-bond acceptors (Lipinski definition) is 6. The fourth-order valence-corrected chi connectivity index (χ4v) is 4.36. The average Bonchev–Trinajstić information content (AvgIpc) is 2.79. The van der Waals surface area contributed by atoms with E-state index in [0.717, 1.165) is 48.2 Å². The molecule has 1 N–H and O–H groups in total. The van der Waals surface area contributed by atoms with Crippen LogP contribution in [0.2, 0.25) is 0 Å². The Morgan fingerprint density at radius 2 is 1.50 bits per heavy atom. The van der Waals surface area contributed by atoms with Crippen LogP contribution in [0.1, 0.15) is 49.9 Å². The summed E-state index contributed by atoms with van der Waals surface area (Å²) < 4.78 is 74.8. The Kier molecular flexibility index (Phi) is 10.00. The van der Waals surface area contributed by atoms with E-state index in [-0.39, 0.29) is 27.6 Å². The summed E-state index contributed by atoms with van der Waals surface area (Å²) in [5, 5.41) is 9.70. The van der Waals surface area contributed by atoms with Gasteiger partial charge in [0.2, 0.25) is 10.0 Å². The Morgan fingerprint density at radius 1 is 0.972 bits per heavy atom. The highest BCUT2D eigenvalue weighted by Gasteiger charge is 2.32. The van der Waals surface area contributed by atoms with Crippen molar-refractivity contribution in [2.24, 2.45) is 0 Å². The fraction of sp³-hybridized carbons (Fsp3) is 0.458. The van der Waals surface area contributed by atoms with Crippen LogP contribution in [0.15, 0.2) is 41.3 Å². The third kappa shape index (κ3) is 7.76. The van der Waals surface area contributed by atoms with Gasteiger partial charge in [-0.3, -0.25) is 0 Å². The van der Waals surface area contributed by atoms with E-state index in [1.165, 1.54) is 32.3 Å².